The van der Waals surface area contributed by atoms with E-state index in [0.717, 1.165) is 11.5 Å². The summed E-state index contributed by atoms with van der Waals surface area (Å²) < 4.78 is 9.35. The minimum atomic E-state index is -1.24. The topological polar surface area (TPSA) is 211 Å². The number of oxime groups is 1. The summed E-state index contributed by atoms with van der Waals surface area (Å²) in [6, 6.07) is -0.972. The van der Waals surface area contributed by atoms with Crippen LogP contribution in [0.4, 0.5) is 5.13 Å². The molecule has 0 aromatic carbocycles. The van der Waals surface area contributed by atoms with Gasteiger partial charge in [0.15, 0.2) is 10.9 Å². The van der Waals surface area contributed by atoms with E-state index in [1.54, 1.807) is 23.4 Å². The molecule has 5 heterocycles. The Bertz CT molecular complexity index is 1300. The van der Waals surface area contributed by atoms with E-state index in [9.17, 15) is 19.5 Å². The third-order valence-electron chi connectivity index (χ3n) is 5.43. The minimum Gasteiger partial charge on any atom is -0.477 e. The number of ether oxygens (including phenoxy) is 1. The van der Waals surface area contributed by atoms with Gasteiger partial charge in [-0.1, -0.05) is 5.16 Å². The summed E-state index contributed by atoms with van der Waals surface area (Å²) >= 11 is 2.20. The van der Waals surface area contributed by atoms with Crippen LogP contribution >= 0.6 is 23.3 Å². The number of hydrogen-bond acceptors (Lipinski definition) is 14. The number of carboxylic acids is 1. The second kappa shape index (κ2) is 9.25. The fourth-order valence-electron chi connectivity index (χ4n) is 3.94. The largest absolute Gasteiger partial charge is 0.477 e. The Hall–Kier alpha value is -3.96. The maximum absolute atomic E-state index is 13.0. The van der Waals surface area contributed by atoms with Gasteiger partial charge < -0.3 is 30.6 Å². The number of carbonyl (C=O) groups excluding carboxylic acids is 2. The molecular formula is C19H19N9O6S2. The molecule has 2 amide bonds. The SMILES string of the molecule is CO/N=C(\C(=O)NC1C(=O)N2C(C(=O)O)=C(CN3C=CC4=NC(N)OC4=C3)CS[C@H]12)c1nsc(N)n1. The molecule has 0 saturated carbocycles. The monoisotopic (exact) mass is 533 g/mol. The highest BCUT2D eigenvalue weighted by molar-refractivity contribution is 8.00. The third kappa shape index (κ3) is 4.16. The summed E-state index contributed by atoms with van der Waals surface area (Å²) in [5.74, 6) is -1.80. The highest BCUT2D eigenvalue weighted by Crippen LogP contribution is 2.40. The fraction of sp³-hybridized carbons (Fsp3) is 0.316. The molecule has 0 spiro atoms. The highest BCUT2D eigenvalue weighted by Gasteiger charge is 2.54. The maximum atomic E-state index is 13.0. The van der Waals surface area contributed by atoms with E-state index in [-0.39, 0.29) is 28.9 Å². The number of nitrogens with zero attached hydrogens (tertiary/aromatic N) is 6. The number of thioether (sulfide) groups is 1. The number of fused-ring (bicyclic) bond motifs is 2. The molecule has 3 atom stereocenters. The van der Waals surface area contributed by atoms with Gasteiger partial charge in [-0.2, -0.15) is 9.36 Å². The van der Waals surface area contributed by atoms with Crippen molar-refractivity contribution in [1.82, 2.24) is 24.5 Å². The molecule has 0 bridgehead atoms. The lowest BCUT2D eigenvalue weighted by Crippen LogP contribution is -2.71. The van der Waals surface area contributed by atoms with Crippen LogP contribution in [0.5, 0.6) is 0 Å². The number of nitrogens with two attached hydrogens (primary N) is 2. The summed E-state index contributed by atoms with van der Waals surface area (Å²) in [5, 5.41) is 15.7. The molecule has 4 aliphatic rings. The van der Waals surface area contributed by atoms with Crippen LogP contribution in [0.25, 0.3) is 0 Å². The van der Waals surface area contributed by atoms with Crippen molar-refractivity contribution in [1.29, 1.82) is 0 Å². The first-order valence-corrected chi connectivity index (χ1v) is 12.2. The number of aliphatic imine (C=N–C) groups is 1. The first kappa shape index (κ1) is 23.8. The van der Waals surface area contributed by atoms with Crippen LogP contribution in [0.1, 0.15) is 5.82 Å². The van der Waals surface area contributed by atoms with E-state index < -0.39 is 35.6 Å². The third-order valence-corrected chi connectivity index (χ3v) is 7.32. The van der Waals surface area contributed by atoms with Crippen LogP contribution in [0.3, 0.4) is 0 Å². The Morgan fingerprint density at radius 3 is 2.94 bits per heavy atom. The molecule has 4 aliphatic heterocycles. The van der Waals surface area contributed by atoms with Crippen molar-refractivity contribution in [3.63, 3.8) is 0 Å². The Labute approximate surface area is 211 Å². The summed E-state index contributed by atoms with van der Waals surface area (Å²) in [4.78, 5) is 53.6. The molecule has 6 N–H and O–H groups in total. The highest BCUT2D eigenvalue weighted by atomic mass is 32.2. The zero-order valence-corrected chi connectivity index (χ0v) is 20.2. The van der Waals surface area contributed by atoms with Gasteiger partial charge in [-0.15, -0.1) is 11.8 Å². The van der Waals surface area contributed by atoms with E-state index in [1.165, 1.54) is 23.8 Å². The molecule has 188 valence electrons. The fourth-order valence-corrected chi connectivity index (χ4v) is 5.71. The van der Waals surface area contributed by atoms with Gasteiger partial charge in [0.05, 0.1) is 0 Å². The first-order chi connectivity index (χ1) is 17.3. The smallest absolute Gasteiger partial charge is 0.352 e. The normalized spacial score (nSPS) is 24.9. The van der Waals surface area contributed by atoms with Crippen molar-refractivity contribution in [2.45, 2.75) is 17.8 Å². The molecule has 0 aliphatic carbocycles. The number of amides is 2. The average Bonchev–Trinajstić information content (AvgIpc) is 3.44. The molecule has 17 heteroatoms. The Morgan fingerprint density at radius 2 is 2.25 bits per heavy atom. The number of carbonyl (C=O) groups is 3. The van der Waals surface area contributed by atoms with Crippen molar-refractivity contribution in [3.05, 3.63) is 41.3 Å². The number of nitrogen functional groups attached to an aromatic ring is 1. The number of aliphatic carboxylic acids is 1. The summed E-state index contributed by atoms with van der Waals surface area (Å²) in [6.45, 7) is 0.204. The number of hydrogen-bond donors (Lipinski definition) is 4. The number of aromatic nitrogens is 2. The summed E-state index contributed by atoms with van der Waals surface area (Å²) in [7, 11) is 1.25. The number of nitrogens with one attached hydrogen (secondary N) is 1. The zero-order chi connectivity index (χ0) is 25.6. The molecular weight excluding hydrogens is 514 g/mol. The van der Waals surface area contributed by atoms with E-state index >= 15 is 0 Å². The van der Waals surface area contributed by atoms with E-state index in [2.05, 4.69) is 24.8 Å². The van der Waals surface area contributed by atoms with Crippen LogP contribution in [0.15, 0.2) is 45.7 Å². The molecule has 5 rings (SSSR count). The van der Waals surface area contributed by atoms with Gasteiger partial charge >= 0.3 is 5.97 Å². The molecule has 1 fully saturated rings. The lowest BCUT2D eigenvalue weighted by atomic mass is 10.0. The molecule has 0 radical (unpaired) electrons. The van der Waals surface area contributed by atoms with Gasteiger partial charge in [-0.25, -0.2) is 9.79 Å². The second-order valence-corrected chi connectivity index (χ2v) is 9.59. The Balaban J connectivity index is 1.32. The molecule has 15 nitrogen and oxygen atoms in total. The standard InChI is InChI=1S/C19H19N9O6S2/c1-33-25-10(13-24-19(21)36-26-13)14(29)23-11-15(30)28-12(17(31)32)7(6-35-16(11)28)4-27-3-2-8-9(5-27)34-18(20)22-8/h2-3,5,11,16,18H,4,6,20H2,1H3,(H,23,29)(H,31,32)(H2,21,24,26)/b25-10-/t11?,16-,18?/m1/s1. The van der Waals surface area contributed by atoms with Gasteiger partial charge in [-0.3, -0.25) is 20.2 Å². The quantitative estimate of drug-likeness (QED) is 0.181. The zero-order valence-electron chi connectivity index (χ0n) is 18.5. The second-order valence-electron chi connectivity index (χ2n) is 7.70. The Morgan fingerprint density at radius 1 is 1.44 bits per heavy atom. The van der Waals surface area contributed by atoms with Gasteiger partial charge in [0.1, 0.15) is 29.9 Å². The van der Waals surface area contributed by atoms with E-state index in [0.29, 0.717) is 22.8 Å². The van der Waals surface area contributed by atoms with Crippen molar-refractivity contribution < 1.29 is 29.1 Å². The number of β-lactam (4-membered cyclic amide) rings is 1. The molecule has 1 aromatic rings. The summed E-state index contributed by atoms with van der Waals surface area (Å²) in [5.41, 5.74) is 12.0. The van der Waals surface area contributed by atoms with Crippen LogP contribution in [0.2, 0.25) is 0 Å². The average molecular weight is 534 g/mol. The van der Waals surface area contributed by atoms with Crippen molar-refractivity contribution in [2.24, 2.45) is 15.9 Å². The Kier molecular flexibility index (Phi) is 6.10. The molecule has 1 aromatic heterocycles. The first-order valence-electron chi connectivity index (χ1n) is 10.3. The predicted molar refractivity (Wildman–Crippen MR) is 128 cm³/mol. The number of carboxylic acid groups (broad SMARTS) is 1. The lowest BCUT2D eigenvalue weighted by molar-refractivity contribution is -0.150. The van der Waals surface area contributed by atoms with Crippen LogP contribution in [-0.4, -0.2) is 90.6 Å². The van der Waals surface area contributed by atoms with Crippen LogP contribution in [0, 0.1) is 0 Å². The molecule has 2 unspecified atom stereocenters. The van der Waals surface area contributed by atoms with Crippen LogP contribution in [-0.2, 0) is 24.0 Å². The van der Waals surface area contributed by atoms with Crippen molar-refractivity contribution in [3.8, 4) is 0 Å². The minimum absolute atomic E-state index is 0.0470. The van der Waals surface area contributed by atoms with E-state index in [4.69, 9.17) is 21.0 Å². The van der Waals surface area contributed by atoms with Gasteiger partial charge in [0.25, 0.3) is 11.8 Å². The summed E-state index contributed by atoms with van der Waals surface area (Å²) in [6.07, 6.45) is 4.33. The van der Waals surface area contributed by atoms with Gasteiger partial charge in [-0.05, 0) is 11.6 Å². The van der Waals surface area contributed by atoms with Gasteiger partial charge in [0.2, 0.25) is 17.9 Å². The number of allylic oxidation sites excluding steroid dienone is 1. The van der Waals surface area contributed by atoms with Crippen molar-refractivity contribution >= 4 is 57.6 Å². The van der Waals surface area contributed by atoms with Crippen LogP contribution < -0.4 is 16.8 Å². The maximum Gasteiger partial charge on any atom is 0.352 e. The number of rotatable bonds is 7. The lowest BCUT2D eigenvalue weighted by Gasteiger charge is -2.49. The van der Waals surface area contributed by atoms with Gasteiger partial charge in [0, 0.05) is 36.2 Å². The van der Waals surface area contributed by atoms with Crippen molar-refractivity contribution in [2.75, 3.05) is 25.1 Å². The number of anilines is 1. The van der Waals surface area contributed by atoms with E-state index in [1.807, 2.05) is 0 Å². The molecule has 1 saturated heterocycles. The predicted octanol–water partition coefficient (Wildman–Crippen LogP) is -1.41. The molecule has 36 heavy (non-hydrogen) atoms.